The number of ether oxygens (including phenoxy) is 2. The van der Waals surface area contributed by atoms with E-state index in [1.54, 1.807) is 36.3 Å². The Morgan fingerprint density at radius 2 is 1.83 bits per heavy atom. The molecule has 1 aliphatic rings. The van der Waals surface area contributed by atoms with Gasteiger partial charge in [-0.1, -0.05) is 30.3 Å². The van der Waals surface area contributed by atoms with E-state index in [4.69, 9.17) is 9.47 Å². The van der Waals surface area contributed by atoms with Gasteiger partial charge in [0.1, 0.15) is 11.6 Å². The van der Waals surface area contributed by atoms with Gasteiger partial charge < -0.3 is 14.4 Å². The number of nitrogens with zero attached hydrogens (tertiary/aromatic N) is 1. The van der Waals surface area contributed by atoms with Gasteiger partial charge in [0.25, 0.3) is 0 Å². The number of hydrogen-bond donors (Lipinski definition) is 0. The van der Waals surface area contributed by atoms with Crippen LogP contribution in [0.25, 0.3) is 0 Å². The van der Waals surface area contributed by atoms with Crippen molar-refractivity contribution in [2.75, 3.05) is 13.7 Å². The molecule has 4 nitrogen and oxygen atoms in total. The lowest BCUT2D eigenvalue weighted by atomic mass is 9.93. The van der Waals surface area contributed by atoms with Crippen LogP contribution in [0.4, 0.5) is 9.18 Å². The van der Waals surface area contributed by atoms with Gasteiger partial charge >= 0.3 is 6.09 Å². The van der Waals surface area contributed by atoms with E-state index in [1.807, 2.05) is 18.2 Å². The van der Waals surface area contributed by atoms with Crippen molar-refractivity contribution in [3.05, 3.63) is 66.0 Å². The average molecular weight is 329 g/mol. The third kappa shape index (κ3) is 3.74. The standard InChI is InChI=1S/C19H20FNO3/c1-23-17-11-12-21(19(22)24-16-5-3-2-4-6-16)18(13-17)14-7-9-15(20)10-8-14/h2-10,17-18H,11-13H2,1H3/t17-,18+/m1/s1. The van der Waals surface area contributed by atoms with E-state index in [9.17, 15) is 9.18 Å². The van der Waals surface area contributed by atoms with E-state index in [0.717, 1.165) is 12.0 Å². The minimum atomic E-state index is -0.398. The Hall–Kier alpha value is -2.40. The molecule has 2 aromatic carbocycles. The first-order chi connectivity index (χ1) is 11.7. The number of piperidine rings is 1. The van der Waals surface area contributed by atoms with Gasteiger partial charge in [-0.15, -0.1) is 0 Å². The molecule has 0 saturated carbocycles. The van der Waals surface area contributed by atoms with Crippen molar-refractivity contribution in [1.82, 2.24) is 4.90 Å². The number of hydrogen-bond acceptors (Lipinski definition) is 3. The molecule has 126 valence electrons. The second kappa shape index (κ2) is 7.45. The summed E-state index contributed by atoms with van der Waals surface area (Å²) in [5, 5.41) is 0. The number of amides is 1. The highest BCUT2D eigenvalue weighted by atomic mass is 19.1. The maximum absolute atomic E-state index is 13.2. The van der Waals surface area contributed by atoms with Gasteiger partial charge in [-0.25, -0.2) is 9.18 Å². The molecule has 2 atom stereocenters. The van der Waals surface area contributed by atoms with Crippen LogP contribution in [-0.2, 0) is 4.74 Å². The van der Waals surface area contributed by atoms with Crippen molar-refractivity contribution in [1.29, 1.82) is 0 Å². The van der Waals surface area contributed by atoms with Gasteiger partial charge in [0, 0.05) is 13.7 Å². The summed E-state index contributed by atoms with van der Waals surface area (Å²) < 4.78 is 24.1. The van der Waals surface area contributed by atoms with Crippen LogP contribution in [0.2, 0.25) is 0 Å². The van der Waals surface area contributed by atoms with Gasteiger partial charge in [0.15, 0.2) is 0 Å². The predicted octanol–water partition coefficient (Wildman–Crippen LogP) is 4.18. The minimum Gasteiger partial charge on any atom is -0.410 e. The zero-order valence-electron chi connectivity index (χ0n) is 13.5. The zero-order valence-corrected chi connectivity index (χ0v) is 13.5. The highest BCUT2D eigenvalue weighted by molar-refractivity contribution is 5.71. The summed E-state index contributed by atoms with van der Waals surface area (Å²) in [6.45, 7) is 0.534. The summed E-state index contributed by atoms with van der Waals surface area (Å²) in [4.78, 5) is 14.3. The summed E-state index contributed by atoms with van der Waals surface area (Å²) >= 11 is 0. The molecule has 0 aliphatic carbocycles. The third-order valence-electron chi connectivity index (χ3n) is 4.33. The molecule has 1 saturated heterocycles. The van der Waals surface area contributed by atoms with Crippen LogP contribution >= 0.6 is 0 Å². The topological polar surface area (TPSA) is 38.8 Å². The van der Waals surface area contributed by atoms with Crippen LogP contribution in [0.3, 0.4) is 0 Å². The van der Waals surface area contributed by atoms with Gasteiger partial charge in [0.05, 0.1) is 12.1 Å². The Balaban J connectivity index is 1.80. The predicted molar refractivity (Wildman–Crippen MR) is 88.3 cm³/mol. The molecule has 1 heterocycles. The number of benzene rings is 2. The van der Waals surface area contributed by atoms with E-state index >= 15 is 0 Å². The second-order valence-electron chi connectivity index (χ2n) is 5.82. The van der Waals surface area contributed by atoms with Crippen molar-refractivity contribution in [3.63, 3.8) is 0 Å². The normalized spacial score (nSPS) is 20.7. The van der Waals surface area contributed by atoms with E-state index in [-0.39, 0.29) is 18.0 Å². The minimum absolute atomic E-state index is 0.0702. The summed E-state index contributed by atoms with van der Waals surface area (Å²) in [5.74, 6) is 0.213. The largest absolute Gasteiger partial charge is 0.415 e. The molecule has 0 bridgehead atoms. The SMILES string of the molecule is CO[C@@H]1CCN(C(=O)Oc2ccccc2)[C@H](c2ccc(F)cc2)C1. The highest BCUT2D eigenvalue weighted by Crippen LogP contribution is 2.33. The van der Waals surface area contributed by atoms with Crippen molar-refractivity contribution in [3.8, 4) is 5.75 Å². The molecule has 1 aliphatic heterocycles. The molecule has 3 rings (SSSR count). The van der Waals surface area contributed by atoms with Crippen LogP contribution in [0.1, 0.15) is 24.4 Å². The van der Waals surface area contributed by atoms with Crippen LogP contribution in [0, 0.1) is 5.82 Å². The lowest BCUT2D eigenvalue weighted by molar-refractivity contribution is 0.0163. The van der Waals surface area contributed by atoms with Crippen molar-refractivity contribution in [2.45, 2.75) is 25.0 Å². The molecule has 0 N–H and O–H groups in total. The summed E-state index contributed by atoms with van der Waals surface area (Å²) in [5.41, 5.74) is 0.878. The number of rotatable bonds is 3. The molecule has 2 aromatic rings. The Morgan fingerprint density at radius 3 is 2.50 bits per heavy atom. The first-order valence-corrected chi connectivity index (χ1v) is 7.99. The molecular formula is C19H20FNO3. The number of halogens is 1. The first kappa shape index (κ1) is 16.5. The Kier molecular flexibility index (Phi) is 5.11. The molecule has 0 aromatic heterocycles. The number of likely N-dealkylation sites (tertiary alicyclic amines) is 1. The average Bonchev–Trinajstić information content (AvgIpc) is 2.62. The number of carbonyl (C=O) groups is 1. The number of para-hydroxylation sites is 1. The zero-order chi connectivity index (χ0) is 16.9. The van der Waals surface area contributed by atoms with Gasteiger partial charge in [-0.3, -0.25) is 0 Å². The smallest absolute Gasteiger partial charge is 0.410 e. The van der Waals surface area contributed by atoms with Gasteiger partial charge in [0.2, 0.25) is 0 Å². The fourth-order valence-electron chi connectivity index (χ4n) is 3.01. The maximum atomic E-state index is 13.2. The number of carbonyl (C=O) groups excluding carboxylic acids is 1. The first-order valence-electron chi connectivity index (χ1n) is 7.99. The van der Waals surface area contributed by atoms with E-state index in [0.29, 0.717) is 18.7 Å². The summed E-state index contributed by atoms with van der Waals surface area (Å²) in [7, 11) is 1.67. The van der Waals surface area contributed by atoms with E-state index in [2.05, 4.69) is 0 Å². The fraction of sp³-hybridized carbons (Fsp3) is 0.316. The molecular weight excluding hydrogens is 309 g/mol. The van der Waals surface area contributed by atoms with Crippen molar-refractivity contribution >= 4 is 6.09 Å². The Labute approximate surface area is 140 Å². The highest BCUT2D eigenvalue weighted by Gasteiger charge is 2.34. The Bertz CT molecular complexity index is 675. The van der Waals surface area contributed by atoms with Crippen LogP contribution in [-0.4, -0.2) is 30.8 Å². The number of methoxy groups -OCH3 is 1. The summed E-state index contributed by atoms with van der Waals surface area (Å²) in [6, 6.07) is 15.0. The Morgan fingerprint density at radius 1 is 1.12 bits per heavy atom. The third-order valence-corrected chi connectivity index (χ3v) is 4.33. The van der Waals surface area contributed by atoms with E-state index in [1.165, 1.54) is 12.1 Å². The monoisotopic (exact) mass is 329 g/mol. The lowest BCUT2D eigenvalue weighted by Gasteiger charge is -2.38. The van der Waals surface area contributed by atoms with Crippen LogP contribution in [0.5, 0.6) is 5.75 Å². The quantitative estimate of drug-likeness (QED) is 0.848. The molecule has 0 radical (unpaired) electrons. The molecule has 1 fully saturated rings. The van der Waals surface area contributed by atoms with Gasteiger partial charge in [-0.05, 0) is 42.7 Å². The molecule has 5 heteroatoms. The van der Waals surface area contributed by atoms with Crippen molar-refractivity contribution < 1.29 is 18.7 Å². The van der Waals surface area contributed by atoms with E-state index < -0.39 is 6.09 Å². The van der Waals surface area contributed by atoms with Crippen molar-refractivity contribution in [2.24, 2.45) is 0 Å². The second-order valence-corrected chi connectivity index (χ2v) is 5.82. The molecule has 0 spiro atoms. The lowest BCUT2D eigenvalue weighted by Crippen LogP contribution is -2.44. The van der Waals surface area contributed by atoms with Crippen LogP contribution < -0.4 is 4.74 Å². The maximum Gasteiger partial charge on any atom is 0.415 e. The molecule has 0 unspecified atom stereocenters. The van der Waals surface area contributed by atoms with Crippen LogP contribution in [0.15, 0.2) is 54.6 Å². The van der Waals surface area contributed by atoms with Gasteiger partial charge in [-0.2, -0.15) is 0 Å². The fourth-order valence-corrected chi connectivity index (χ4v) is 3.01. The molecule has 1 amide bonds. The molecule has 24 heavy (non-hydrogen) atoms. The summed E-state index contributed by atoms with van der Waals surface area (Å²) in [6.07, 6.45) is 1.08.